The summed E-state index contributed by atoms with van der Waals surface area (Å²) in [6.07, 6.45) is 3.45. The Morgan fingerprint density at radius 2 is 1.83 bits per heavy atom. The molecule has 126 valence electrons. The van der Waals surface area contributed by atoms with Crippen LogP contribution in [0.5, 0.6) is 11.5 Å². The van der Waals surface area contributed by atoms with Gasteiger partial charge in [0.2, 0.25) is 0 Å². The number of hydrogen-bond acceptors (Lipinski definition) is 3. The Balaban J connectivity index is 1.72. The Morgan fingerprint density at radius 1 is 1.08 bits per heavy atom. The zero-order chi connectivity index (χ0) is 16.9. The van der Waals surface area contributed by atoms with Gasteiger partial charge in [0.15, 0.2) is 0 Å². The van der Waals surface area contributed by atoms with E-state index in [1.807, 2.05) is 48.5 Å². The summed E-state index contributed by atoms with van der Waals surface area (Å²) in [6, 6.07) is 16.6. The van der Waals surface area contributed by atoms with Gasteiger partial charge in [0.05, 0.1) is 6.04 Å². The molecule has 0 saturated heterocycles. The molecule has 2 aromatic carbocycles. The Morgan fingerprint density at radius 3 is 2.58 bits per heavy atom. The van der Waals surface area contributed by atoms with Crippen molar-refractivity contribution in [2.24, 2.45) is 5.73 Å². The molecule has 3 N–H and O–H groups in total. The van der Waals surface area contributed by atoms with Crippen LogP contribution < -0.4 is 10.5 Å². The number of urea groups is 1. The van der Waals surface area contributed by atoms with Crippen molar-refractivity contribution in [2.45, 2.75) is 37.6 Å². The number of hydroxylamine groups is 2. The first-order valence-corrected chi connectivity index (χ1v) is 8.24. The molecule has 0 bridgehead atoms. The molecule has 2 atom stereocenters. The van der Waals surface area contributed by atoms with Crippen molar-refractivity contribution >= 4 is 6.03 Å². The number of para-hydroxylation sites is 1. The molecule has 2 amide bonds. The van der Waals surface area contributed by atoms with E-state index in [9.17, 15) is 10.0 Å². The van der Waals surface area contributed by atoms with Gasteiger partial charge in [-0.2, -0.15) is 0 Å². The maximum Gasteiger partial charge on any atom is 0.338 e. The molecule has 1 aliphatic rings. The number of carbonyl (C=O) groups excluding carboxylic acids is 1. The first kappa shape index (κ1) is 16.3. The minimum atomic E-state index is -0.790. The summed E-state index contributed by atoms with van der Waals surface area (Å²) in [5.74, 6) is 1.86. The zero-order valence-electron chi connectivity index (χ0n) is 13.5. The van der Waals surface area contributed by atoms with Gasteiger partial charge in [0.25, 0.3) is 0 Å². The standard InChI is InChI=1S/C19H22N2O3/c20-19(22)21(23)16-8-4-6-14(12-16)15-7-5-11-18(13-15)24-17-9-2-1-3-10-17/h1-3,5,7,9-11,13-14,16,23H,4,6,8,12H2,(H2,20,22)/t14-,16+/m0/s1. The fourth-order valence-corrected chi connectivity index (χ4v) is 3.33. The molecule has 5 heteroatoms. The largest absolute Gasteiger partial charge is 0.457 e. The fourth-order valence-electron chi connectivity index (χ4n) is 3.33. The van der Waals surface area contributed by atoms with Crippen molar-refractivity contribution in [1.29, 1.82) is 0 Å². The van der Waals surface area contributed by atoms with Gasteiger partial charge < -0.3 is 10.5 Å². The molecular formula is C19H22N2O3. The summed E-state index contributed by atoms with van der Waals surface area (Å²) >= 11 is 0. The third kappa shape index (κ3) is 3.86. The molecule has 0 radical (unpaired) electrons. The highest BCUT2D eigenvalue weighted by molar-refractivity contribution is 5.70. The molecule has 0 spiro atoms. The quantitative estimate of drug-likeness (QED) is 0.650. The SMILES string of the molecule is NC(=O)N(O)[C@@H]1CCC[C@H](c2cccc(Oc3ccccc3)c2)C1. The van der Waals surface area contributed by atoms with E-state index in [0.29, 0.717) is 11.5 Å². The predicted molar refractivity (Wildman–Crippen MR) is 91.2 cm³/mol. The first-order chi connectivity index (χ1) is 11.6. The van der Waals surface area contributed by atoms with Gasteiger partial charge in [-0.05, 0) is 55.0 Å². The molecule has 0 aromatic heterocycles. The van der Waals surface area contributed by atoms with Crippen molar-refractivity contribution in [3.05, 3.63) is 60.2 Å². The van der Waals surface area contributed by atoms with Crippen LogP contribution in [-0.2, 0) is 0 Å². The minimum absolute atomic E-state index is 0.222. The lowest BCUT2D eigenvalue weighted by Crippen LogP contribution is -2.43. The number of primary amides is 1. The highest BCUT2D eigenvalue weighted by Gasteiger charge is 2.29. The van der Waals surface area contributed by atoms with Crippen LogP contribution in [0, 0.1) is 0 Å². The molecule has 5 nitrogen and oxygen atoms in total. The summed E-state index contributed by atoms with van der Waals surface area (Å²) in [4.78, 5) is 11.2. The number of hydrogen-bond donors (Lipinski definition) is 2. The molecule has 24 heavy (non-hydrogen) atoms. The van der Waals surface area contributed by atoms with Gasteiger partial charge in [-0.1, -0.05) is 36.8 Å². The summed E-state index contributed by atoms with van der Waals surface area (Å²) in [6.45, 7) is 0. The molecule has 1 fully saturated rings. The highest BCUT2D eigenvalue weighted by Crippen LogP contribution is 2.36. The van der Waals surface area contributed by atoms with Crippen molar-refractivity contribution in [3.8, 4) is 11.5 Å². The summed E-state index contributed by atoms with van der Waals surface area (Å²) < 4.78 is 5.89. The van der Waals surface area contributed by atoms with Crippen LogP contribution in [0.1, 0.15) is 37.2 Å². The van der Waals surface area contributed by atoms with Gasteiger partial charge in [-0.3, -0.25) is 5.21 Å². The van der Waals surface area contributed by atoms with Crippen LogP contribution in [0.3, 0.4) is 0 Å². The third-order valence-corrected chi connectivity index (χ3v) is 4.53. The van der Waals surface area contributed by atoms with Crippen molar-refractivity contribution in [2.75, 3.05) is 0 Å². The number of ether oxygens (including phenoxy) is 1. The smallest absolute Gasteiger partial charge is 0.338 e. The number of nitrogens with zero attached hydrogens (tertiary/aromatic N) is 1. The molecule has 0 heterocycles. The summed E-state index contributed by atoms with van der Waals surface area (Å²) in [7, 11) is 0. The average molecular weight is 326 g/mol. The van der Waals surface area contributed by atoms with Gasteiger partial charge in [0, 0.05) is 0 Å². The number of benzene rings is 2. The van der Waals surface area contributed by atoms with Crippen LogP contribution in [-0.4, -0.2) is 22.3 Å². The van der Waals surface area contributed by atoms with E-state index in [4.69, 9.17) is 10.5 Å². The van der Waals surface area contributed by atoms with Gasteiger partial charge in [0.1, 0.15) is 11.5 Å². The number of rotatable bonds is 4. The van der Waals surface area contributed by atoms with Gasteiger partial charge >= 0.3 is 6.03 Å². The maximum absolute atomic E-state index is 11.2. The van der Waals surface area contributed by atoms with Crippen LogP contribution in [0.25, 0.3) is 0 Å². The molecule has 2 aromatic rings. The van der Waals surface area contributed by atoms with Crippen LogP contribution in [0.4, 0.5) is 4.79 Å². The Hall–Kier alpha value is -2.53. The second kappa shape index (κ2) is 7.36. The van der Waals surface area contributed by atoms with E-state index in [1.54, 1.807) is 0 Å². The van der Waals surface area contributed by atoms with Crippen molar-refractivity contribution in [3.63, 3.8) is 0 Å². The topological polar surface area (TPSA) is 75.8 Å². The fraction of sp³-hybridized carbons (Fsp3) is 0.316. The van der Waals surface area contributed by atoms with E-state index >= 15 is 0 Å². The molecule has 0 aliphatic heterocycles. The molecule has 0 unspecified atom stereocenters. The minimum Gasteiger partial charge on any atom is -0.457 e. The van der Waals surface area contributed by atoms with Crippen LogP contribution >= 0.6 is 0 Å². The number of carbonyl (C=O) groups is 1. The lowest BCUT2D eigenvalue weighted by Gasteiger charge is -2.33. The normalized spacial score (nSPS) is 20.4. The summed E-state index contributed by atoms with van der Waals surface area (Å²) in [5.41, 5.74) is 6.34. The van der Waals surface area contributed by atoms with Crippen molar-refractivity contribution < 1.29 is 14.7 Å². The Bertz CT molecular complexity index is 690. The van der Waals surface area contributed by atoms with E-state index in [1.165, 1.54) is 0 Å². The lowest BCUT2D eigenvalue weighted by atomic mass is 9.81. The Labute approximate surface area is 141 Å². The lowest BCUT2D eigenvalue weighted by molar-refractivity contribution is -0.0858. The predicted octanol–water partition coefficient (Wildman–Crippen LogP) is 4.28. The highest BCUT2D eigenvalue weighted by atomic mass is 16.5. The monoisotopic (exact) mass is 326 g/mol. The van der Waals surface area contributed by atoms with Gasteiger partial charge in [-0.15, -0.1) is 0 Å². The molecule has 1 saturated carbocycles. The Kier molecular flexibility index (Phi) is 5.01. The van der Waals surface area contributed by atoms with E-state index in [0.717, 1.165) is 36.3 Å². The number of nitrogens with two attached hydrogens (primary N) is 1. The average Bonchev–Trinajstić information content (AvgIpc) is 2.62. The van der Waals surface area contributed by atoms with Gasteiger partial charge in [-0.25, -0.2) is 9.86 Å². The van der Waals surface area contributed by atoms with Crippen LogP contribution in [0.2, 0.25) is 0 Å². The zero-order valence-corrected chi connectivity index (χ0v) is 13.5. The molecular weight excluding hydrogens is 304 g/mol. The first-order valence-electron chi connectivity index (χ1n) is 8.24. The molecule has 1 aliphatic carbocycles. The maximum atomic E-state index is 11.2. The summed E-state index contributed by atoms with van der Waals surface area (Å²) in [5, 5.41) is 10.5. The number of amides is 2. The van der Waals surface area contributed by atoms with E-state index in [2.05, 4.69) is 6.07 Å². The third-order valence-electron chi connectivity index (χ3n) is 4.53. The van der Waals surface area contributed by atoms with E-state index in [-0.39, 0.29) is 12.0 Å². The second-order valence-corrected chi connectivity index (χ2v) is 6.19. The van der Waals surface area contributed by atoms with E-state index < -0.39 is 6.03 Å². The second-order valence-electron chi connectivity index (χ2n) is 6.19. The van der Waals surface area contributed by atoms with Crippen LogP contribution in [0.15, 0.2) is 54.6 Å². The van der Waals surface area contributed by atoms with Crippen molar-refractivity contribution in [1.82, 2.24) is 5.06 Å². The molecule has 3 rings (SSSR count).